The van der Waals surface area contributed by atoms with E-state index in [0.29, 0.717) is 17.2 Å². The van der Waals surface area contributed by atoms with Crippen molar-refractivity contribution >= 4 is 17.7 Å². The third-order valence-corrected chi connectivity index (χ3v) is 4.31. The van der Waals surface area contributed by atoms with Gasteiger partial charge in [-0.05, 0) is 43.7 Å². The fraction of sp³-hybridized carbons (Fsp3) is 0.571. The maximum atomic E-state index is 11.3. The summed E-state index contributed by atoms with van der Waals surface area (Å²) in [5, 5.41) is 9.95. The molecule has 0 saturated heterocycles. The first-order valence-corrected chi connectivity index (χ1v) is 7.58. The summed E-state index contributed by atoms with van der Waals surface area (Å²) in [6, 6.07) is 1.82. The molecular formula is C14H19NO3S. The molecule has 0 amide bonds. The Morgan fingerprint density at radius 1 is 1.47 bits per heavy atom. The van der Waals surface area contributed by atoms with E-state index in [2.05, 4.69) is 4.98 Å². The number of nitrogens with zero attached hydrogens (tertiary/aromatic N) is 1. The number of carbonyl (C=O) groups is 1. The summed E-state index contributed by atoms with van der Waals surface area (Å²) >= 11 is 1.52. The van der Waals surface area contributed by atoms with Crippen molar-refractivity contribution in [2.75, 3.05) is 19.5 Å². The summed E-state index contributed by atoms with van der Waals surface area (Å²) in [7, 11) is 1.67. The fourth-order valence-electron chi connectivity index (χ4n) is 2.25. The number of hydrogen-bond acceptors (Lipinski definition) is 4. The van der Waals surface area contributed by atoms with Crippen molar-refractivity contribution in [2.45, 2.75) is 37.1 Å². The van der Waals surface area contributed by atoms with Crippen LogP contribution >= 0.6 is 11.8 Å². The zero-order chi connectivity index (χ0) is 13.7. The number of rotatable bonds is 6. The number of ether oxygens (including phenoxy) is 1. The van der Waals surface area contributed by atoms with E-state index in [1.807, 2.05) is 6.07 Å². The quantitative estimate of drug-likeness (QED) is 0.642. The van der Waals surface area contributed by atoms with Gasteiger partial charge in [-0.25, -0.2) is 9.78 Å². The lowest BCUT2D eigenvalue weighted by Gasteiger charge is -2.17. The first-order chi connectivity index (χ1) is 9.22. The van der Waals surface area contributed by atoms with Crippen LogP contribution in [0, 0.1) is 0 Å². The molecule has 0 spiro atoms. The Labute approximate surface area is 117 Å². The third kappa shape index (κ3) is 3.70. The highest BCUT2D eigenvalue weighted by Gasteiger charge is 2.18. The summed E-state index contributed by atoms with van der Waals surface area (Å²) in [6.07, 6.45) is 5.12. The van der Waals surface area contributed by atoms with Crippen molar-refractivity contribution in [1.82, 2.24) is 4.98 Å². The fourth-order valence-corrected chi connectivity index (χ4v) is 3.18. The van der Waals surface area contributed by atoms with Crippen LogP contribution in [0.25, 0.3) is 0 Å². The molecule has 4 nitrogen and oxygen atoms in total. The molecule has 5 heteroatoms. The minimum absolute atomic E-state index is 0.350. The number of carboxylic acids is 1. The predicted molar refractivity (Wildman–Crippen MR) is 75.1 cm³/mol. The maximum Gasteiger partial charge on any atom is 0.338 e. The normalized spacial score (nSPS) is 14.2. The van der Waals surface area contributed by atoms with E-state index < -0.39 is 5.97 Å². The first kappa shape index (κ1) is 14.3. The van der Waals surface area contributed by atoms with Gasteiger partial charge in [0.05, 0.1) is 5.56 Å². The molecule has 0 atom stereocenters. The summed E-state index contributed by atoms with van der Waals surface area (Å²) in [4.78, 5) is 15.9. The molecule has 19 heavy (non-hydrogen) atoms. The SMILES string of the molecule is COCCCSc1nc2c(cc1C(=O)O)CCCC2. The lowest BCUT2D eigenvalue weighted by molar-refractivity contribution is 0.0692. The third-order valence-electron chi connectivity index (χ3n) is 3.23. The van der Waals surface area contributed by atoms with Gasteiger partial charge in [-0.3, -0.25) is 0 Å². The van der Waals surface area contributed by atoms with Gasteiger partial charge in [-0.1, -0.05) is 0 Å². The molecule has 0 aliphatic heterocycles. The Morgan fingerprint density at radius 3 is 3.00 bits per heavy atom. The van der Waals surface area contributed by atoms with Gasteiger partial charge in [0.15, 0.2) is 0 Å². The van der Waals surface area contributed by atoms with Crippen molar-refractivity contribution < 1.29 is 14.6 Å². The summed E-state index contributed by atoms with van der Waals surface area (Å²) in [5.74, 6) is -0.0463. The lowest BCUT2D eigenvalue weighted by Crippen LogP contribution is -2.11. The standard InChI is InChI=1S/C14H19NO3S/c1-18-7-4-8-19-13-11(14(16)17)9-10-5-2-3-6-12(10)15-13/h9H,2-8H2,1H3,(H,16,17). The van der Waals surface area contributed by atoms with Crippen molar-refractivity contribution in [2.24, 2.45) is 0 Å². The number of aromatic nitrogens is 1. The molecule has 2 rings (SSSR count). The number of thioether (sulfide) groups is 1. The van der Waals surface area contributed by atoms with Crippen LogP contribution in [0.4, 0.5) is 0 Å². The van der Waals surface area contributed by atoms with E-state index in [0.717, 1.165) is 49.1 Å². The summed E-state index contributed by atoms with van der Waals surface area (Å²) < 4.78 is 5.00. The van der Waals surface area contributed by atoms with Crippen LogP contribution < -0.4 is 0 Å². The van der Waals surface area contributed by atoms with Crippen molar-refractivity contribution in [3.8, 4) is 0 Å². The molecule has 0 fully saturated rings. The van der Waals surface area contributed by atoms with Crippen molar-refractivity contribution in [1.29, 1.82) is 0 Å². The topological polar surface area (TPSA) is 59.4 Å². The second kappa shape index (κ2) is 6.91. The maximum absolute atomic E-state index is 11.3. The van der Waals surface area contributed by atoms with Crippen LogP contribution in [0.15, 0.2) is 11.1 Å². The first-order valence-electron chi connectivity index (χ1n) is 6.60. The van der Waals surface area contributed by atoms with Crippen molar-refractivity contribution in [3.05, 3.63) is 22.9 Å². The van der Waals surface area contributed by atoms with Gasteiger partial charge >= 0.3 is 5.97 Å². The van der Waals surface area contributed by atoms with E-state index in [9.17, 15) is 9.90 Å². The number of carboxylic acid groups (broad SMARTS) is 1. The largest absolute Gasteiger partial charge is 0.478 e. The number of methoxy groups -OCH3 is 1. The molecule has 0 bridgehead atoms. The second-order valence-electron chi connectivity index (χ2n) is 4.65. The lowest BCUT2D eigenvalue weighted by atomic mass is 9.95. The Hall–Kier alpha value is -1.07. The summed E-state index contributed by atoms with van der Waals surface area (Å²) in [6.45, 7) is 0.695. The van der Waals surface area contributed by atoms with E-state index >= 15 is 0 Å². The molecule has 0 saturated carbocycles. The van der Waals surface area contributed by atoms with Crippen LogP contribution in [0.1, 0.15) is 40.9 Å². The van der Waals surface area contributed by atoms with Gasteiger partial charge < -0.3 is 9.84 Å². The van der Waals surface area contributed by atoms with Crippen LogP contribution in [0.2, 0.25) is 0 Å². The number of hydrogen-bond donors (Lipinski definition) is 1. The molecule has 104 valence electrons. The Kier molecular flexibility index (Phi) is 5.22. The monoisotopic (exact) mass is 281 g/mol. The van der Waals surface area contributed by atoms with Crippen LogP contribution in [-0.4, -0.2) is 35.5 Å². The predicted octanol–water partition coefficient (Wildman–Crippen LogP) is 2.79. The van der Waals surface area contributed by atoms with Gasteiger partial charge in [-0.2, -0.15) is 0 Å². The number of pyridine rings is 1. The van der Waals surface area contributed by atoms with Crippen molar-refractivity contribution in [3.63, 3.8) is 0 Å². The van der Waals surface area contributed by atoms with Crippen LogP contribution in [0.5, 0.6) is 0 Å². The van der Waals surface area contributed by atoms with E-state index in [-0.39, 0.29) is 0 Å². The number of aryl methyl sites for hydroxylation is 2. The molecule has 1 aromatic rings. The van der Waals surface area contributed by atoms with Gasteiger partial charge in [0.2, 0.25) is 0 Å². The van der Waals surface area contributed by atoms with E-state index in [1.165, 1.54) is 11.8 Å². The molecule has 0 unspecified atom stereocenters. The van der Waals surface area contributed by atoms with Gasteiger partial charge in [-0.15, -0.1) is 11.8 Å². The van der Waals surface area contributed by atoms with E-state index in [4.69, 9.17) is 4.74 Å². The summed E-state index contributed by atoms with van der Waals surface area (Å²) in [5.41, 5.74) is 2.55. The van der Waals surface area contributed by atoms with Crippen LogP contribution in [0.3, 0.4) is 0 Å². The highest BCUT2D eigenvalue weighted by Crippen LogP contribution is 2.28. The van der Waals surface area contributed by atoms with Gasteiger partial charge in [0, 0.05) is 25.2 Å². The second-order valence-corrected chi connectivity index (χ2v) is 5.74. The Bertz CT molecular complexity index is 462. The van der Waals surface area contributed by atoms with Crippen LogP contribution in [-0.2, 0) is 17.6 Å². The molecule has 1 aromatic heterocycles. The highest BCUT2D eigenvalue weighted by molar-refractivity contribution is 7.99. The zero-order valence-electron chi connectivity index (χ0n) is 11.1. The van der Waals surface area contributed by atoms with Gasteiger partial charge in [0.1, 0.15) is 5.03 Å². The minimum atomic E-state index is -0.880. The van der Waals surface area contributed by atoms with Gasteiger partial charge in [0.25, 0.3) is 0 Å². The molecular weight excluding hydrogens is 262 g/mol. The highest BCUT2D eigenvalue weighted by atomic mass is 32.2. The molecule has 1 heterocycles. The average molecular weight is 281 g/mol. The number of fused-ring (bicyclic) bond motifs is 1. The smallest absolute Gasteiger partial charge is 0.338 e. The molecule has 1 aliphatic carbocycles. The molecule has 0 aromatic carbocycles. The van der Waals surface area contributed by atoms with E-state index in [1.54, 1.807) is 7.11 Å². The molecule has 0 radical (unpaired) electrons. The Balaban J connectivity index is 2.17. The zero-order valence-corrected chi connectivity index (χ0v) is 12.0. The minimum Gasteiger partial charge on any atom is -0.478 e. The number of aromatic carboxylic acids is 1. The molecule has 1 N–H and O–H groups in total. The Morgan fingerprint density at radius 2 is 2.26 bits per heavy atom. The average Bonchev–Trinajstić information content (AvgIpc) is 2.42. The molecule has 1 aliphatic rings.